The topological polar surface area (TPSA) is 0 Å². The molecule has 0 nitrogen and oxygen atoms in total. The van der Waals surface area contributed by atoms with Gasteiger partial charge in [0.1, 0.15) is 0 Å². The molecule has 0 aromatic heterocycles. The van der Waals surface area contributed by atoms with Crippen LogP contribution in [0.2, 0.25) is 0 Å². The summed E-state index contributed by atoms with van der Waals surface area (Å²) in [5.41, 5.74) is 0. The summed E-state index contributed by atoms with van der Waals surface area (Å²) in [4.78, 5) is 0. The number of hydrogen-bond acceptors (Lipinski definition) is 0. The zero-order chi connectivity index (χ0) is 7.57. The van der Waals surface area contributed by atoms with E-state index in [1.807, 2.05) is 0 Å². The van der Waals surface area contributed by atoms with Gasteiger partial charge in [-0.05, 0) is 0 Å². The van der Waals surface area contributed by atoms with Crippen molar-refractivity contribution < 1.29 is 17.1 Å². The molecule has 0 bridgehead atoms. The van der Waals surface area contributed by atoms with Gasteiger partial charge >= 0.3 is 74.2 Å². The Labute approximate surface area is 90.8 Å². The second-order valence-corrected chi connectivity index (χ2v) is 21.2. The molecule has 1 radical (unpaired) electrons. The van der Waals surface area contributed by atoms with Gasteiger partial charge in [0.2, 0.25) is 0 Å². The van der Waals surface area contributed by atoms with Crippen LogP contribution in [0.3, 0.4) is 0 Å². The summed E-state index contributed by atoms with van der Waals surface area (Å²) >= 11 is 7.67. The molecular formula is C6H15Br2MnP. The largest absolute Gasteiger partial charge is 0 e. The van der Waals surface area contributed by atoms with Crippen LogP contribution in [0.1, 0.15) is 20.8 Å². The van der Waals surface area contributed by atoms with Crippen molar-refractivity contribution in [1.82, 2.24) is 0 Å². The smallest absolute Gasteiger partial charge is 0 e. The van der Waals surface area contributed by atoms with E-state index in [9.17, 15) is 0 Å². The predicted octanol–water partition coefficient (Wildman–Crippen LogP) is 4.22. The van der Waals surface area contributed by atoms with Gasteiger partial charge in [-0.25, -0.2) is 0 Å². The Bertz CT molecular complexity index is 86.9. The van der Waals surface area contributed by atoms with Crippen LogP contribution in [-0.4, -0.2) is 18.5 Å². The fourth-order valence-electron chi connectivity index (χ4n) is 0.671. The third-order valence-electron chi connectivity index (χ3n) is 2.06. The van der Waals surface area contributed by atoms with Gasteiger partial charge in [0.25, 0.3) is 0 Å². The first-order valence-electron chi connectivity index (χ1n) is 3.41. The summed E-state index contributed by atoms with van der Waals surface area (Å²) in [7, 11) is 0. The van der Waals surface area contributed by atoms with E-state index in [2.05, 4.69) is 51.7 Å². The zero-order valence-corrected chi connectivity index (χ0v) is 11.9. The molecule has 0 saturated heterocycles. The maximum absolute atomic E-state index is 3.83. The van der Waals surface area contributed by atoms with Gasteiger partial charge in [-0.2, -0.15) is 0 Å². The average molecular weight is 333 g/mol. The maximum atomic E-state index is 3.83. The molecule has 0 N–H and O–H groups in total. The van der Waals surface area contributed by atoms with Gasteiger partial charge < -0.3 is 0 Å². The van der Waals surface area contributed by atoms with Crippen molar-refractivity contribution in [3.05, 3.63) is 0 Å². The SMILES string of the molecule is CCP(Br)(Br)(CC)CC.[Mn]. The number of halogens is 2. The van der Waals surface area contributed by atoms with Gasteiger partial charge in [-0.1, -0.05) is 0 Å². The molecule has 0 atom stereocenters. The summed E-state index contributed by atoms with van der Waals surface area (Å²) in [6.45, 7) is 6.73. The molecule has 0 amide bonds. The molecule has 0 aromatic carbocycles. The van der Waals surface area contributed by atoms with E-state index in [0.29, 0.717) is 0 Å². The normalized spacial score (nSPS) is 15.1. The number of hydrogen-bond donors (Lipinski definition) is 0. The third kappa shape index (κ3) is 4.07. The van der Waals surface area contributed by atoms with Gasteiger partial charge in [0, 0.05) is 17.1 Å². The van der Waals surface area contributed by atoms with E-state index in [1.165, 1.54) is 18.5 Å². The van der Waals surface area contributed by atoms with Crippen LogP contribution < -0.4 is 0 Å². The Balaban J connectivity index is 0. The van der Waals surface area contributed by atoms with E-state index in [-0.39, 0.29) is 17.1 Å². The second-order valence-electron chi connectivity index (χ2n) is 2.40. The van der Waals surface area contributed by atoms with E-state index in [4.69, 9.17) is 0 Å². The summed E-state index contributed by atoms with van der Waals surface area (Å²) in [5.74, 6) is 0. The minimum absolute atomic E-state index is 0. The fraction of sp³-hybridized carbons (Fsp3) is 1.00. The van der Waals surface area contributed by atoms with Crippen LogP contribution in [-0.2, 0) is 17.1 Å². The van der Waals surface area contributed by atoms with Crippen LogP contribution >= 0.6 is 35.0 Å². The Morgan fingerprint density at radius 1 is 0.900 bits per heavy atom. The standard InChI is InChI=1S/C6H15Br2P.Mn/c1-4-9(7,8,5-2)6-3;/h4-6H2,1-3H3;. The average Bonchev–Trinajstić information content (AvgIpc) is 1.90. The van der Waals surface area contributed by atoms with Crippen LogP contribution in [0.4, 0.5) is 0 Å². The molecule has 10 heavy (non-hydrogen) atoms. The predicted molar refractivity (Wildman–Crippen MR) is 56.4 cm³/mol. The van der Waals surface area contributed by atoms with E-state index >= 15 is 0 Å². The summed E-state index contributed by atoms with van der Waals surface area (Å²) in [6.07, 6.45) is 3.75. The van der Waals surface area contributed by atoms with E-state index in [0.717, 1.165) is 0 Å². The van der Waals surface area contributed by atoms with Crippen LogP contribution in [0.5, 0.6) is 0 Å². The minimum atomic E-state index is -1.50. The zero-order valence-electron chi connectivity index (χ0n) is 6.70. The fourth-order valence-corrected chi connectivity index (χ4v) is 2.01. The molecule has 0 heterocycles. The van der Waals surface area contributed by atoms with Crippen molar-refractivity contribution in [2.45, 2.75) is 20.8 Å². The van der Waals surface area contributed by atoms with Crippen LogP contribution in [0.15, 0.2) is 0 Å². The van der Waals surface area contributed by atoms with Crippen molar-refractivity contribution in [3.63, 3.8) is 0 Å². The molecule has 0 aliphatic carbocycles. The Morgan fingerprint density at radius 3 is 1.10 bits per heavy atom. The van der Waals surface area contributed by atoms with Gasteiger partial charge in [0.05, 0.1) is 0 Å². The Kier molecular flexibility index (Phi) is 6.96. The van der Waals surface area contributed by atoms with E-state index in [1.54, 1.807) is 0 Å². The molecule has 0 aliphatic rings. The van der Waals surface area contributed by atoms with Gasteiger partial charge in [-0.3, -0.25) is 0 Å². The quantitative estimate of drug-likeness (QED) is 0.536. The molecule has 0 fully saturated rings. The molecular weight excluding hydrogens is 318 g/mol. The monoisotopic (exact) mass is 331 g/mol. The van der Waals surface area contributed by atoms with Gasteiger partial charge in [-0.15, -0.1) is 0 Å². The first-order valence-corrected chi connectivity index (χ1v) is 10.2. The summed E-state index contributed by atoms with van der Waals surface area (Å²) in [5, 5.41) is 0. The van der Waals surface area contributed by atoms with Crippen molar-refractivity contribution in [2.75, 3.05) is 18.5 Å². The molecule has 0 spiro atoms. The molecule has 0 aliphatic heterocycles. The molecule has 0 aromatic rings. The van der Waals surface area contributed by atoms with Crippen LogP contribution in [0.25, 0.3) is 0 Å². The number of rotatable bonds is 3. The molecule has 0 rings (SSSR count). The van der Waals surface area contributed by atoms with Gasteiger partial charge in [0.15, 0.2) is 0 Å². The second kappa shape index (κ2) is 4.82. The molecule has 0 unspecified atom stereocenters. The summed E-state index contributed by atoms with van der Waals surface area (Å²) < 4.78 is -1.50. The Hall–Kier alpha value is 1.91. The van der Waals surface area contributed by atoms with Crippen molar-refractivity contribution in [1.29, 1.82) is 0 Å². The van der Waals surface area contributed by atoms with Crippen LogP contribution in [0, 0.1) is 0 Å². The minimum Gasteiger partial charge on any atom is 0 e. The molecule has 4 heteroatoms. The first kappa shape index (κ1) is 14.4. The van der Waals surface area contributed by atoms with E-state index < -0.39 is 4.01 Å². The van der Waals surface area contributed by atoms with Crippen molar-refractivity contribution in [3.8, 4) is 0 Å². The maximum Gasteiger partial charge on any atom is 0 e. The van der Waals surface area contributed by atoms with Crippen molar-refractivity contribution in [2.24, 2.45) is 0 Å². The first-order chi connectivity index (χ1) is 3.96. The third-order valence-corrected chi connectivity index (χ3v) is 15.2. The van der Waals surface area contributed by atoms with Crippen molar-refractivity contribution >= 4 is 35.0 Å². The molecule has 0 saturated carbocycles. The summed E-state index contributed by atoms with van der Waals surface area (Å²) in [6, 6.07) is 0. The Morgan fingerprint density at radius 2 is 1.10 bits per heavy atom. The molecule has 65 valence electrons.